The van der Waals surface area contributed by atoms with Gasteiger partial charge in [0.2, 0.25) is 0 Å². The van der Waals surface area contributed by atoms with Gasteiger partial charge in [-0.15, -0.1) is 0 Å². The standard InChI is InChI=1S/C6H9NO/c1-3-6(2)5(4-7)8-6/h5H,3H2,1-2H3. The highest BCUT2D eigenvalue weighted by Gasteiger charge is 2.51. The van der Waals surface area contributed by atoms with E-state index in [1.807, 2.05) is 13.8 Å². The van der Waals surface area contributed by atoms with Crippen LogP contribution in [-0.2, 0) is 4.74 Å². The molecule has 0 aliphatic carbocycles. The third-order valence-corrected chi connectivity index (χ3v) is 1.70. The minimum atomic E-state index is -0.132. The van der Waals surface area contributed by atoms with Crippen LogP contribution < -0.4 is 0 Å². The summed E-state index contributed by atoms with van der Waals surface area (Å²) in [7, 11) is 0. The molecular weight excluding hydrogens is 102 g/mol. The second kappa shape index (κ2) is 1.46. The number of nitriles is 1. The Labute approximate surface area is 49.1 Å². The predicted molar refractivity (Wildman–Crippen MR) is 29.2 cm³/mol. The average molecular weight is 111 g/mol. The fourth-order valence-corrected chi connectivity index (χ4v) is 0.667. The first-order valence-corrected chi connectivity index (χ1v) is 2.80. The van der Waals surface area contributed by atoms with Crippen molar-refractivity contribution in [2.75, 3.05) is 0 Å². The lowest BCUT2D eigenvalue weighted by atomic mass is 10.1. The minimum Gasteiger partial charge on any atom is -0.350 e. The van der Waals surface area contributed by atoms with Gasteiger partial charge in [0.15, 0.2) is 6.10 Å². The molecule has 1 aliphatic heterocycles. The Morgan fingerprint density at radius 3 is 2.62 bits per heavy atom. The van der Waals surface area contributed by atoms with Crippen molar-refractivity contribution in [1.29, 1.82) is 5.26 Å². The van der Waals surface area contributed by atoms with E-state index in [1.165, 1.54) is 0 Å². The highest BCUT2D eigenvalue weighted by atomic mass is 16.6. The van der Waals surface area contributed by atoms with E-state index in [1.54, 1.807) is 0 Å². The molecule has 1 fully saturated rings. The van der Waals surface area contributed by atoms with Gasteiger partial charge in [-0.25, -0.2) is 0 Å². The molecule has 0 N–H and O–H groups in total. The van der Waals surface area contributed by atoms with E-state index in [4.69, 9.17) is 10.00 Å². The molecule has 2 heteroatoms. The molecule has 2 atom stereocenters. The van der Waals surface area contributed by atoms with Crippen LogP contribution in [0.1, 0.15) is 20.3 Å². The Morgan fingerprint density at radius 2 is 2.50 bits per heavy atom. The van der Waals surface area contributed by atoms with E-state index in [0.717, 1.165) is 6.42 Å². The molecule has 0 aromatic heterocycles. The van der Waals surface area contributed by atoms with Crippen molar-refractivity contribution in [3.63, 3.8) is 0 Å². The molecule has 0 radical (unpaired) electrons. The zero-order valence-corrected chi connectivity index (χ0v) is 5.14. The number of hydrogen-bond donors (Lipinski definition) is 0. The summed E-state index contributed by atoms with van der Waals surface area (Å²) >= 11 is 0. The first-order chi connectivity index (χ1) is 3.73. The second-order valence-corrected chi connectivity index (χ2v) is 2.29. The SMILES string of the molecule is CCC1(C)OC1C#N. The number of hydrogen-bond acceptors (Lipinski definition) is 2. The summed E-state index contributed by atoms with van der Waals surface area (Å²) in [6.45, 7) is 3.98. The summed E-state index contributed by atoms with van der Waals surface area (Å²) in [6, 6.07) is 2.06. The lowest BCUT2D eigenvalue weighted by Gasteiger charge is -1.93. The number of nitrogens with zero attached hydrogens (tertiary/aromatic N) is 1. The van der Waals surface area contributed by atoms with Gasteiger partial charge in [0, 0.05) is 0 Å². The van der Waals surface area contributed by atoms with Gasteiger partial charge in [0.1, 0.15) is 5.60 Å². The van der Waals surface area contributed by atoms with Crippen LogP contribution in [-0.4, -0.2) is 11.7 Å². The summed E-state index contributed by atoms with van der Waals surface area (Å²) in [5.74, 6) is 0. The normalized spacial score (nSPS) is 43.4. The molecule has 0 aromatic carbocycles. The van der Waals surface area contributed by atoms with E-state index in [-0.39, 0.29) is 11.7 Å². The average Bonchev–Trinajstić information content (AvgIpc) is 2.44. The van der Waals surface area contributed by atoms with Crippen molar-refractivity contribution in [3.05, 3.63) is 0 Å². The highest BCUT2D eigenvalue weighted by Crippen LogP contribution is 2.37. The van der Waals surface area contributed by atoms with E-state index in [2.05, 4.69) is 6.07 Å². The molecule has 2 nitrogen and oxygen atoms in total. The molecule has 1 rings (SSSR count). The molecule has 0 saturated carbocycles. The maximum Gasteiger partial charge on any atom is 0.173 e. The highest BCUT2D eigenvalue weighted by molar-refractivity contribution is 5.10. The molecule has 8 heavy (non-hydrogen) atoms. The molecule has 0 spiro atoms. The zero-order valence-electron chi connectivity index (χ0n) is 5.14. The maximum atomic E-state index is 8.30. The van der Waals surface area contributed by atoms with Gasteiger partial charge in [-0.3, -0.25) is 0 Å². The lowest BCUT2D eigenvalue weighted by molar-refractivity contribution is 0.310. The lowest BCUT2D eigenvalue weighted by Crippen LogP contribution is -2.05. The van der Waals surface area contributed by atoms with Crippen molar-refractivity contribution in [2.45, 2.75) is 32.0 Å². The molecule has 1 saturated heterocycles. The van der Waals surface area contributed by atoms with Gasteiger partial charge in [-0.1, -0.05) is 6.92 Å². The first-order valence-electron chi connectivity index (χ1n) is 2.80. The van der Waals surface area contributed by atoms with Crippen molar-refractivity contribution in [2.24, 2.45) is 0 Å². The van der Waals surface area contributed by atoms with Crippen LogP contribution in [0.5, 0.6) is 0 Å². The van der Waals surface area contributed by atoms with Gasteiger partial charge in [0.05, 0.1) is 6.07 Å². The smallest absolute Gasteiger partial charge is 0.173 e. The zero-order chi connectivity index (χ0) is 6.20. The first kappa shape index (κ1) is 5.58. The molecule has 1 heterocycles. The van der Waals surface area contributed by atoms with Crippen LogP contribution in [0.25, 0.3) is 0 Å². The maximum absolute atomic E-state index is 8.30. The fraction of sp³-hybridized carbons (Fsp3) is 0.833. The van der Waals surface area contributed by atoms with Crippen molar-refractivity contribution in [1.82, 2.24) is 0 Å². The van der Waals surface area contributed by atoms with Crippen LogP contribution in [0.3, 0.4) is 0 Å². The third-order valence-electron chi connectivity index (χ3n) is 1.70. The van der Waals surface area contributed by atoms with Crippen LogP contribution in [0, 0.1) is 11.3 Å². The predicted octanol–water partition coefficient (Wildman–Crippen LogP) is 1.08. The van der Waals surface area contributed by atoms with E-state index in [9.17, 15) is 0 Å². The summed E-state index contributed by atoms with van der Waals surface area (Å²) in [5, 5.41) is 8.30. The summed E-state index contributed by atoms with van der Waals surface area (Å²) in [4.78, 5) is 0. The van der Waals surface area contributed by atoms with Gasteiger partial charge in [-0.2, -0.15) is 5.26 Å². The third kappa shape index (κ3) is 0.597. The van der Waals surface area contributed by atoms with Crippen LogP contribution >= 0.6 is 0 Å². The summed E-state index contributed by atoms with van der Waals surface area (Å²) < 4.78 is 5.04. The molecule has 2 unspecified atom stereocenters. The Hall–Kier alpha value is -0.550. The Morgan fingerprint density at radius 1 is 1.88 bits per heavy atom. The van der Waals surface area contributed by atoms with Crippen LogP contribution in [0.2, 0.25) is 0 Å². The van der Waals surface area contributed by atoms with Gasteiger partial charge in [-0.05, 0) is 13.3 Å². The van der Waals surface area contributed by atoms with Gasteiger partial charge in [0.25, 0.3) is 0 Å². The van der Waals surface area contributed by atoms with Gasteiger partial charge < -0.3 is 4.74 Å². The largest absolute Gasteiger partial charge is 0.350 e. The van der Waals surface area contributed by atoms with Gasteiger partial charge >= 0.3 is 0 Å². The van der Waals surface area contributed by atoms with E-state index in [0.29, 0.717) is 0 Å². The van der Waals surface area contributed by atoms with Crippen molar-refractivity contribution in [3.8, 4) is 6.07 Å². The monoisotopic (exact) mass is 111 g/mol. The minimum absolute atomic E-state index is 0.102. The molecule has 0 bridgehead atoms. The molecule has 44 valence electrons. The Kier molecular flexibility index (Phi) is 1.02. The Balaban J connectivity index is 2.46. The molecular formula is C6H9NO. The number of epoxide rings is 1. The molecule has 0 aromatic rings. The number of rotatable bonds is 1. The summed E-state index contributed by atoms with van der Waals surface area (Å²) in [6.07, 6.45) is 0.804. The molecule has 1 aliphatic rings. The van der Waals surface area contributed by atoms with Crippen LogP contribution in [0.15, 0.2) is 0 Å². The number of ether oxygens (including phenoxy) is 1. The Bertz CT molecular complexity index is 138. The topological polar surface area (TPSA) is 36.3 Å². The van der Waals surface area contributed by atoms with E-state index < -0.39 is 0 Å². The summed E-state index contributed by atoms with van der Waals surface area (Å²) in [5.41, 5.74) is -0.102. The fourth-order valence-electron chi connectivity index (χ4n) is 0.667. The second-order valence-electron chi connectivity index (χ2n) is 2.29. The quantitative estimate of drug-likeness (QED) is 0.474. The van der Waals surface area contributed by atoms with Crippen molar-refractivity contribution >= 4 is 0 Å². The van der Waals surface area contributed by atoms with Crippen molar-refractivity contribution < 1.29 is 4.74 Å². The van der Waals surface area contributed by atoms with Crippen LogP contribution in [0.4, 0.5) is 0 Å². The van der Waals surface area contributed by atoms with E-state index >= 15 is 0 Å². The molecule has 0 amide bonds.